The van der Waals surface area contributed by atoms with E-state index in [1.54, 1.807) is 48.5 Å². The molecule has 0 aliphatic carbocycles. The van der Waals surface area contributed by atoms with Crippen LogP contribution < -0.4 is 10.1 Å². The number of nitrogens with zero attached hydrogens (tertiary/aromatic N) is 1. The molecule has 8 nitrogen and oxygen atoms in total. The number of hydrogen-bond acceptors (Lipinski definition) is 6. The molecule has 0 bridgehead atoms. The maximum atomic E-state index is 12.8. The van der Waals surface area contributed by atoms with Crippen LogP contribution in [0.25, 0.3) is 0 Å². The molecule has 0 aromatic heterocycles. The number of ether oxygens (including phenoxy) is 2. The van der Waals surface area contributed by atoms with Crippen LogP contribution in [0.5, 0.6) is 5.75 Å². The predicted molar refractivity (Wildman–Crippen MR) is 113 cm³/mol. The van der Waals surface area contributed by atoms with Crippen LogP contribution in [0.4, 0.5) is 5.69 Å². The summed E-state index contributed by atoms with van der Waals surface area (Å²) in [5.41, 5.74) is 1.03. The molecule has 1 N–H and O–H groups in total. The lowest BCUT2D eigenvalue weighted by atomic mass is 10.0. The fourth-order valence-electron chi connectivity index (χ4n) is 3.35. The van der Waals surface area contributed by atoms with Gasteiger partial charge in [0.1, 0.15) is 11.8 Å². The van der Waals surface area contributed by atoms with Gasteiger partial charge in [0.05, 0.1) is 18.2 Å². The van der Waals surface area contributed by atoms with Crippen molar-refractivity contribution in [2.45, 2.75) is 26.3 Å². The van der Waals surface area contributed by atoms with E-state index in [4.69, 9.17) is 9.47 Å². The Balaban J connectivity index is 1.67. The summed E-state index contributed by atoms with van der Waals surface area (Å²) in [6.45, 7) is 3.20. The highest BCUT2D eigenvalue weighted by Crippen LogP contribution is 2.27. The van der Waals surface area contributed by atoms with Crippen molar-refractivity contribution in [1.82, 2.24) is 4.90 Å². The lowest BCUT2D eigenvalue weighted by Gasteiger charge is -2.25. The smallest absolute Gasteiger partial charge is 0.329 e. The molecular formula is C23H24N2O6. The van der Waals surface area contributed by atoms with Crippen LogP contribution in [0.3, 0.4) is 0 Å². The average Bonchev–Trinajstić information content (AvgIpc) is 3.01. The van der Waals surface area contributed by atoms with Gasteiger partial charge in [0, 0.05) is 5.69 Å². The van der Waals surface area contributed by atoms with Crippen LogP contribution in [-0.4, -0.2) is 48.3 Å². The average molecular weight is 424 g/mol. The maximum absolute atomic E-state index is 12.8. The number of imide groups is 1. The lowest BCUT2D eigenvalue weighted by Crippen LogP contribution is -2.46. The third-order valence-electron chi connectivity index (χ3n) is 4.82. The molecule has 3 rings (SSSR count). The summed E-state index contributed by atoms with van der Waals surface area (Å²) in [5.74, 6) is -1.76. The molecule has 0 radical (unpaired) electrons. The summed E-state index contributed by atoms with van der Waals surface area (Å²) in [6, 6.07) is 12.0. The van der Waals surface area contributed by atoms with Crippen molar-refractivity contribution in [3.63, 3.8) is 0 Å². The number of nitrogens with one attached hydrogen (secondary N) is 1. The molecule has 0 saturated carbocycles. The number of carbonyl (C=O) groups is 4. The van der Waals surface area contributed by atoms with Crippen LogP contribution in [0.2, 0.25) is 0 Å². The Kier molecular flexibility index (Phi) is 6.69. The van der Waals surface area contributed by atoms with Gasteiger partial charge in [0.2, 0.25) is 0 Å². The van der Waals surface area contributed by atoms with Gasteiger partial charge in [-0.3, -0.25) is 19.3 Å². The standard InChI is InChI=1S/C23H24N2O6/c1-14(2)12-19(25-21(27)17-6-4-5-7-18(17)22(25)28)23(29)31-13-20(26)24-15-8-10-16(30-3)11-9-15/h4-11,14,19H,12-13H2,1-3H3,(H,24,26). The maximum Gasteiger partial charge on any atom is 0.329 e. The van der Waals surface area contributed by atoms with Crippen molar-refractivity contribution >= 4 is 29.4 Å². The van der Waals surface area contributed by atoms with Gasteiger partial charge in [-0.05, 0) is 48.7 Å². The SMILES string of the molecule is COc1ccc(NC(=O)COC(=O)C(CC(C)C)N2C(=O)c3ccccc3C2=O)cc1. The second-order valence-corrected chi connectivity index (χ2v) is 7.56. The molecule has 1 aliphatic rings. The zero-order valence-electron chi connectivity index (χ0n) is 17.6. The first-order valence-corrected chi connectivity index (χ1v) is 9.89. The first kappa shape index (κ1) is 22.0. The van der Waals surface area contributed by atoms with Gasteiger partial charge in [-0.15, -0.1) is 0 Å². The zero-order valence-corrected chi connectivity index (χ0v) is 17.6. The van der Waals surface area contributed by atoms with E-state index in [9.17, 15) is 19.2 Å². The highest BCUT2D eigenvalue weighted by atomic mass is 16.5. The van der Waals surface area contributed by atoms with E-state index in [0.29, 0.717) is 11.4 Å². The number of carbonyl (C=O) groups excluding carboxylic acids is 4. The Morgan fingerprint density at radius 2 is 1.55 bits per heavy atom. The van der Waals surface area contributed by atoms with Crippen molar-refractivity contribution in [3.05, 3.63) is 59.7 Å². The molecule has 0 fully saturated rings. The topological polar surface area (TPSA) is 102 Å². The molecule has 0 saturated heterocycles. The molecular weight excluding hydrogens is 400 g/mol. The van der Waals surface area contributed by atoms with Gasteiger partial charge in [-0.2, -0.15) is 0 Å². The van der Waals surface area contributed by atoms with Crippen molar-refractivity contribution in [2.75, 3.05) is 19.0 Å². The summed E-state index contributed by atoms with van der Waals surface area (Å²) in [4.78, 5) is 51.4. The van der Waals surface area contributed by atoms with Crippen LogP contribution in [0, 0.1) is 5.92 Å². The monoisotopic (exact) mass is 424 g/mol. The fraction of sp³-hybridized carbons (Fsp3) is 0.304. The number of methoxy groups -OCH3 is 1. The number of benzene rings is 2. The van der Waals surface area contributed by atoms with Gasteiger partial charge < -0.3 is 14.8 Å². The van der Waals surface area contributed by atoms with Gasteiger partial charge in [-0.1, -0.05) is 26.0 Å². The molecule has 162 valence electrons. The van der Waals surface area contributed by atoms with Gasteiger partial charge in [-0.25, -0.2) is 4.79 Å². The third-order valence-corrected chi connectivity index (χ3v) is 4.82. The Morgan fingerprint density at radius 3 is 2.06 bits per heavy atom. The minimum atomic E-state index is -1.11. The fourth-order valence-corrected chi connectivity index (χ4v) is 3.35. The normalized spacial score (nSPS) is 13.7. The second-order valence-electron chi connectivity index (χ2n) is 7.56. The summed E-state index contributed by atoms with van der Waals surface area (Å²) in [5, 5.41) is 2.61. The molecule has 1 heterocycles. The minimum absolute atomic E-state index is 0.00925. The summed E-state index contributed by atoms with van der Waals surface area (Å²) in [6.07, 6.45) is 0.227. The van der Waals surface area contributed by atoms with Crippen molar-refractivity contribution in [2.24, 2.45) is 5.92 Å². The van der Waals surface area contributed by atoms with E-state index in [-0.39, 0.29) is 23.5 Å². The molecule has 2 aromatic carbocycles. The molecule has 0 spiro atoms. The molecule has 1 atom stereocenters. The van der Waals surface area contributed by atoms with Crippen LogP contribution in [0.15, 0.2) is 48.5 Å². The van der Waals surface area contributed by atoms with E-state index < -0.39 is 36.3 Å². The van der Waals surface area contributed by atoms with E-state index in [2.05, 4.69) is 5.32 Å². The molecule has 1 aliphatic heterocycles. The van der Waals surface area contributed by atoms with Crippen molar-refractivity contribution in [1.29, 1.82) is 0 Å². The van der Waals surface area contributed by atoms with Crippen molar-refractivity contribution < 1.29 is 28.7 Å². The number of anilines is 1. The number of esters is 1. The summed E-state index contributed by atoms with van der Waals surface area (Å²) < 4.78 is 10.2. The molecule has 1 unspecified atom stereocenters. The highest BCUT2D eigenvalue weighted by Gasteiger charge is 2.43. The van der Waals surface area contributed by atoms with Gasteiger partial charge in [0.25, 0.3) is 17.7 Å². The number of fused-ring (bicyclic) bond motifs is 1. The van der Waals surface area contributed by atoms with E-state index >= 15 is 0 Å². The van der Waals surface area contributed by atoms with Crippen LogP contribution >= 0.6 is 0 Å². The first-order valence-electron chi connectivity index (χ1n) is 9.89. The van der Waals surface area contributed by atoms with Crippen molar-refractivity contribution in [3.8, 4) is 5.75 Å². The van der Waals surface area contributed by atoms with E-state index in [1.165, 1.54) is 7.11 Å². The number of hydrogen-bond donors (Lipinski definition) is 1. The quantitative estimate of drug-likeness (QED) is 0.516. The van der Waals surface area contributed by atoms with E-state index in [1.807, 2.05) is 13.8 Å². The number of amides is 3. The molecule has 31 heavy (non-hydrogen) atoms. The molecule has 8 heteroatoms. The predicted octanol–water partition coefficient (Wildman–Crippen LogP) is 2.89. The molecule has 2 aromatic rings. The Hall–Kier alpha value is -3.68. The van der Waals surface area contributed by atoms with Crippen LogP contribution in [-0.2, 0) is 14.3 Å². The Bertz CT molecular complexity index is 964. The highest BCUT2D eigenvalue weighted by molar-refractivity contribution is 6.22. The minimum Gasteiger partial charge on any atom is -0.497 e. The largest absolute Gasteiger partial charge is 0.497 e. The second kappa shape index (κ2) is 9.42. The van der Waals surface area contributed by atoms with Crippen LogP contribution in [0.1, 0.15) is 41.0 Å². The third kappa shape index (κ3) is 4.91. The molecule has 3 amide bonds. The lowest BCUT2D eigenvalue weighted by molar-refractivity contribution is -0.151. The van der Waals surface area contributed by atoms with E-state index in [0.717, 1.165) is 4.90 Å². The Labute approximate surface area is 180 Å². The van der Waals surface area contributed by atoms with Gasteiger partial charge in [0.15, 0.2) is 6.61 Å². The Morgan fingerprint density at radius 1 is 0.968 bits per heavy atom. The first-order chi connectivity index (χ1) is 14.8. The zero-order chi connectivity index (χ0) is 22.5. The van der Waals surface area contributed by atoms with Gasteiger partial charge >= 0.3 is 5.97 Å². The number of rotatable bonds is 8. The summed E-state index contributed by atoms with van der Waals surface area (Å²) in [7, 11) is 1.54. The summed E-state index contributed by atoms with van der Waals surface area (Å²) >= 11 is 0.